The van der Waals surface area contributed by atoms with Crippen LogP contribution in [0.25, 0.3) is 0 Å². The molecule has 0 bridgehead atoms. The second kappa shape index (κ2) is 4.33. The van der Waals surface area contributed by atoms with E-state index in [0.717, 1.165) is 5.02 Å². The van der Waals surface area contributed by atoms with Crippen LogP contribution in [-0.2, 0) is 5.41 Å². The topological polar surface area (TPSA) is 26.0 Å². The first-order valence-electron chi connectivity index (χ1n) is 4.97. The Balaban J connectivity index is 3.12. The molecule has 2 N–H and O–H groups in total. The zero-order valence-electron chi connectivity index (χ0n) is 9.05. The Bertz CT molecular complexity index is 309. The molecular formula is C12H18ClN. The van der Waals surface area contributed by atoms with E-state index >= 15 is 0 Å². The van der Waals surface area contributed by atoms with Gasteiger partial charge in [-0.25, -0.2) is 0 Å². The van der Waals surface area contributed by atoms with Gasteiger partial charge < -0.3 is 5.73 Å². The van der Waals surface area contributed by atoms with Gasteiger partial charge in [-0.2, -0.15) is 0 Å². The van der Waals surface area contributed by atoms with Gasteiger partial charge >= 0.3 is 0 Å². The average Bonchev–Trinajstić information content (AvgIpc) is 2.16. The minimum Gasteiger partial charge on any atom is -0.330 e. The summed E-state index contributed by atoms with van der Waals surface area (Å²) in [6.45, 7) is 7.20. The number of rotatable bonds is 3. The summed E-state index contributed by atoms with van der Waals surface area (Å²) in [6, 6.07) is 7.98. The van der Waals surface area contributed by atoms with E-state index in [-0.39, 0.29) is 5.41 Å². The molecule has 1 atom stereocenters. The lowest BCUT2D eigenvalue weighted by molar-refractivity contribution is 0.347. The maximum Gasteiger partial charge on any atom is 0.0408 e. The Hall–Kier alpha value is -0.530. The van der Waals surface area contributed by atoms with Gasteiger partial charge in [0, 0.05) is 17.0 Å². The van der Waals surface area contributed by atoms with E-state index in [2.05, 4.69) is 26.8 Å². The normalized spacial score (nSPS) is 15.6. The number of nitrogens with two attached hydrogens (primary N) is 1. The fourth-order valence-electron chi connectivity index (χ4n) is 1.53. The highest BCUT2D eigenvalue weighted by Crippen LogP contribution is 2.31. The molecule has 0 aliphatic heterocycles. The van der Waals surface area contributed by atoms with Crippen molar-refractivity contribution >= 4 is 11.6 Å². The summed E-state index contributed by atoms with van der Waals surface area (Å²) in [5.74, 6) is 0.506. The fraction of sp³-hybridized carbons (Fsp3) is 0.500. The van der Waals surface area contributed by atoms with Gasteiger partial charge in [-0.05, 0) is 23.6 Å². The van der Waals surface area contributed by atoms with E-state index in [4.69, 9.17) is 17.3 Å². The Morgan fingerprint density at radius 3 is 2.50 bits per heavy atom. The van der Waals surface area contributed by atoms with E-state index in [1.165, 1.54) is 5.56 Å². The molecule has 14 heavy (non-hydrogen) atoms. The number of hydrogen-bond donors (Lipinski definition) is 1. The third kappa shape index (κ3) is 2.10. The molecular weight excluding hydrogens is 194 g/mol. The maximum atomic E-state index is 5.97. The summed E-state index contributed by atoms with van der Waals surface area (Å²) in [7, 11) is 0. The minimum absolute atomic E-state index is 0.0188. The highest BCUT2D eigenvalue weighted by atomic mass is 35.5. The minimum atomic E-state index is 0.0188. The van der Waals surface area contributed by atoms with E-state index in [9.17, 15) is 0 Å². The third-order valence-corrected chi connectivity index (χ3v) is 3.42. The van der Waals surface area contributed by atoms with Crippen molar-refractivity contribution in [1.29, 1.82) is 0 Å². The Labute approximate surface area is 91.3 Å². The van der Waals surface area contributed by atoms with E-state index in [1.54, 1.807) is 0 Å². The summed E-state index contributed by atoms with van der Waals surface area (Å²) in [4.78, 5) is 0. The monoisotopic (exact) mass is 211 g/mol. The molecule has 78 valence electrons. The number of hydrogen-bond acceptors (Lipinski definition) is 1. The summed E-state index contributed by atoms with van der Waals surface area (Å²) >= 11 is 5.97. The van der Waals surface area contributed by atoms with Gasteiger partial charge in [-0.1, -0.05) is 44.5 Å². The van der Waals surface area contributed by atoms with Crippen molar-refractivity contribution in [2.24, 2.45) is 11.7 Å². The molecule has 0 aliphatic rings. The molecule has 0 amide bonds. The molecule has 0 heterocycles. The molecule has 0 saturated heterocycles. The molecule has 1 rings (SSSR count). The Morgan fingerprint density at radius 2 is 2.07 bits per heavy atom. The van der Waals surface area contributed by atoms with E-state index in [0.29, 0.717) is 12.5 Å². The third-order valence-electron chi connectivity index (χ3n) is 3.18. The quantitative estimate of drug-likeness (QED) is 0.817. The molecule has 0 fully saturated rings. The van der Waals surface area contributed by atoms with Crippen molar-refractivity contribution in [3.63, 3.8) is 0 Å². The van der Waals surface area contributed by atoms with E-state index in [1.807, 2.05) is 18.2 Å². The van der Waals surface area contributed by atoms with Crippen LogP contribution in [0.15, 0.2) is 24.3 Å². The van der Waals surface area contributed by atoms with Crippen LogP contribution in [0.1, 0.15) is 26.3 Å². The first-order chi connectivity index (χ1) is 6.50. The van der Waals surface area contributed by atoms with Crippen LogP contribution < -0.4 is 5.73 Å². The lowest BCUT2D eigenvalue weighted by Crippen LogP contribution is -2.36. The summed E-state index contributed by atoms with van der Waals surface area (Å²) in [6.07, 6.45) is 0. The van der Waals surface area contributed by atoms with Crippen LogP contribution in [0.2, 0.25) is 5.02 Å². The molecule has 0 aliphatic carbocycles. The van der Waals surface area contributed by atoms with Crippen LogP contribution in [0.5, 0.6) is 0 Å². The lowest BCUT2D eigenvalue weighted by atomic mass is 9.73. The predicted octanol–water partition coefficient (Wildman–Crippen LogP) is 3.21. The highest BCUT2D eigenvalue weighted by molar-refractivity contribution is 6.30. The lowest BCUT2D eigenvalue weighted by Gasteiger charge is -2.33. The molecule has 0 spiro atoms. The van der Waals surface area contributed by atoms with Crippen molar-refractivity contribution in [2.45, 2.75) is 26.2 Å². The van der Waals surface area contributed by atoms with E-state index < -0.39 is 0 Å². The second-order valence-corrected chi connectivity index (χ2v) is 4.72. The van der Waals surface area contributed by atoms with Crippen LogP contribution in [-0.4, -0.2) is 6.54 Å². The molecule has 1 aromatic carbocycles. The Morgan fingerprint density at radius 1 is 1.43 bits per heavy atom. The Kier molecular flexibility index (Phi) is 3.57. The van der Waals surface area contributed by atoms with Crippen LogP contribution >= 0.6 is 11.6 Å². The molecule has 1 nitrogen and oxygen atoms in total. The SMILES string of the molecule is CC(C)C(C)(CN)c1cccc(Cl)c1. The van der Waals surface area contributed by atoms with Gasteiger partial charge in [0.2, 0.25) is 0 Å². The van der Waals surface area contributed by atoms with Gasteiger partial charge in [-0.15, -0.1) is 0 Å². The predicted molar refractivity (Wildman–Crippen MR) is 62.7 cm³/mol. The molecule has 1 aromatic rings. The van der Waals surface area contributed by atoms with Crippen LogP contribution in [0, 0.1) is 5.92 Å². The van der Waals surface area contributed by atoms with Gasteiger partial charge in [-0.3, -0.25) is 0 Å². The maximum absolute atomic E-state index is 5.97. The molecule has 0 radical (unpaired) electrons. The average molecular weight is 212 g/mol. The van der Waals surface area contributed by atoms with Crippen molar-refractivity contribution in [1.82, 2.24) is 0 Å². The fourth-order valence-corrected chi connectivity index (χ4v) is 1.72. The first-order valence-corrected chi connectivity index (χ1v) is 5.34. The largest absolute Gasteiger partial charge is 0.330 e. The van der Waals surface area contributed by atoms with Crippen molar-refractivity contribution in [3.8, 4) is 0 Å². The van der Waals surface area contributed by atoms with Crippen LogP contribution in [0.3, 0.4) is 0 Å². The summed E-state index contributed by atoms with van der Waals surface area (Å²) in [5.41, 5.74) is 7.09. The molecule has 0 aromatic heterocycles. The van der Waals surface area contributed by atoms with Crippen molar-refractivity contribution in [2.75, 3.05) is 6.54 Å². The van der Waals surface area contributed by atoms with Gasteiger partial charge in [0.15, 0.2) is 0 Å². The van der Waals surface area contributed by atoms with Crippen LogP contribution in [0.4, 0.5) is 0 Å². The van der Waals surface area contributed by atoms with Gasteiger partial charge in [0.25, 0.3) is 0 Å². The second-order valence-electron chi connectivity index (χ2n) is 4.29. The zero-order chi connectivity index (χ0) is 10.8. The standard InChI is InChI=1S/C12H18ClN/c1-9(2)12(3,8-14)10-5-4-6-11(13)7-10/h4-7,9H,8,14H2,1-3H3. The van der Waals surface area contributed by atoms with Crippen molar-refractivity contribution in [3.05, 3.63) is 34.9 Å². The van der Waals surface area contributed by atoms with Crippen molar-refractivity contribution < 1.29 is 0 Å². The molecule has 2 heteroatoms. The first kappa shape index (κ1) is 11.5. The smallest absolute Gasteiger partial charge is 0.0408 e. The zero-order valence-corrected chi connectivity index (χ0v) is 9.81. The summed E-state index contributed by atoms with van der Waals surface area (Å²) in [5, 5.41) is 0.780. The summed E-state index contributed by atoms with van der Waals surface area (Å²) < 4.78 is 0. The van der Waals surface area contributed by atoms with Gasteiger partial charge in [0.1, 0.15) is 0 Å². The highest BCUT2D eigenvalue weighted by Gasteiger charge is 2.28. The molecule has 1 unspecified atom stereocenters. The number of halogens is 1. The number of benzene rings is 1. The molecule has 0 saturated carbocycles. The van der Waals surface area contributed by atoms with Gasteiger partial charge in [0.05, 0.1) is 0 Å².